The molecule has 3 heterocycles. The van der Waals surface area contributed by atoms with Gasteiger partial charge >= 0.3 is 17.9 Å². The van der Waals surface area contributed by atoms with Crippen LogP contribution in [-0.2, 0) is 32.9 Å². The molecule has 0 bridgehead atoms. The molecule has 0 aliphatic carbocycles. The summed E-state index contributed by atoms with van der Waals surface area (Å²) in [7, 11) is 8.47. The van der Waals surface area contributed by atoms with Gasteiger partial charge in [-0.2, -0.15) is 0 Å². The van der Waals surface area contributed by atoms with Crippen molar-refractivity contribution in [1.29, 1.82) is 0 Å². The maximum absolute atomic E-state index is 10.1. The third-order valence-corrected chi connectivity index (χ3v) is 8.84. The van der Waals surface area contributed by atoms with Gasteiger partial charge in [0.1, 0.15) is 15.7 Å². The Morgan fingerprint density at radius 2 is 0.840 bits per heavy atom. The van der Waals surface area contributed by atoms with Gasteiger partial charge in [0.15, 0.2) is 0 Å². The Morgan fingerprint density at radius 3 is 0.920 bits per heavy atom. The van der Waals surface area contributed by atoms with Crippen LogP contribution < -0.4 is 0 Å². The number of carboxylic acid groups (broad SMARTS) is 3. The molecule has 0 aromatic rings. The number of aliphatic carboxylic acids is 3. The average molecular weight is 496 g/mol. The van der Waals surface area contributed by atoms with Crippen molar-refractivity contribution in [2.75, 3.05) is 0 Å². The smallest absolute Gasteiger partial charge is 0.321 e. The van der Waals surface area contributed by atoms with Crippen LogP contribution in [-0.4, -0.2) is 49.0 Å². The van der Waals surface area contributed by atoms with E-state index in [0.717, 1.165) is 0 Å². The normalized spacial score (nSPS) is 25.2. The van der Waals surface area contributed by atoms with Crippen molar-refractivity contribution in [3.05, 3.63) is 34.5 Å². The summed E-state index contributed by atoms with van der Waals surface area (Å²) in [6.45, 7) is 0. The van der Waals surface area contributed by atoms with E-state index in [1.165, 1.54) is 64.8 Å². The predicted molar refractivity (Wildman–Crippen MR) is 107 cm³/mol. The minimum absolute atomic E-state index is 0. The fourth-order valence-electron chi connectivity index (χ4n) is 1.05. The quantitative estimate of drug-likeness (QED) is 0.491. The number of carboxylic acids is 3. The molecular weight excluding hydrogens is 483 g/mol. The van der Waals surface area contributed by atoms with E-state index in [2.05, 4.69) is 0 Å². The first kappa shape index (κ1) is 25.3. The second kappa shape index (κ2) is 14.4. The van der Waals surface area contributed by atoms with E-state index >= 15 is 0 Å². The first-order chi connectivity index (χ1) is 11.4. The first-order valence-corrected chi connectivity index (χ1v) is 12.9. The second-order valence-corrected chi connectivity index (χ2v) is 10.8. The Balaban J connectivity index is 0.000000339. The molecule has 3 aliphatic heterocycles. The molecule has 3 N–H and O–H groups in total. The molecule has 0 saturated carbocycles. The summed E-state index contributed by atoms with van der Waals surface area (Å²) in [4.78, 5) is 30.3. The molecule has 3 atom stereocenters. The van der Waals surface area contributed by atoms with Crippen LogP contribution in [0.15, 0.2) is 34.5 Å². The number of hydrogen-bond donors (Lipinski definition) is 3. The fraction of sp³-hybridized carbons (Fsp3) is 0.250. The van der Waals surface area contributed by atoms with Crippen LogP contribution in [0, 0.1) is 0 Å². The van der Waals surface area contributed by atoms with Crippen LogP contribution in [0.5, 0.6) is 0 Å². The predicted octanol–water partition coefficient (Wildman–Crippen LogP) is 4.04. The molecule has 3 rings (SSSR count). The van der Waals surface area contributed by atoms with Crippen LogP contribution in [0.4, 0.5) is 0 Å². The number of hydrogen-bond acceptors (Lipinski definition) is 9. The van der Waals surface area contributed by atoms with Crippen LogP contribution in [0.1, 0.15) is 0 Å². The van der Waals surface area contributed by atoms with E-state index in [1.807, 2.05) is 0 Å². The summed E-state index contributed by atoms with van der Waals surface area (Å²) < 4.78 is 0. The zero-order valence-electron chi connectivity index (χ0n) is 12.2. The standard InChI is InChI=1S/3C4H4O2S2.V/c3*5-4(6)3-1-2-7-8-3;/h3*1-3H,(H,5,6);. The number of rotatable bonds is 3. The molecular formula is C12H12O6S6V. The van der Waals surface area contributed by atoms with Crippen LogP contribution >= 0.6 is 64.8 Å². The summed E-state index contributed by atoms with van der Waals surface area (Å²) in [5.74, 6) is -2.26. The van der Waals surface area contributed by atoms with Crippen LogP contribution in [0.2, 0.25) is 0 Å². The summed E-state index contributed by atoms with van der Waals surface area (Å²) in [5, 5.41) is 29.4. The van der Waals surface area contributed by atoms with Crippen LogP contribution in [0.3, 0.4) is 0 Å². The van der Waals surface area contributed by atoms with Crippen LogP contribution in [0.25, 0.3) is 0 Å². The van der Waals surface area contributed by atoms with Gasteiger partial charge < -0.3 is 15.3 Å². The zero-order chi connectivity index (χ0) is 17.9. The Bertz CT molecular complexity index is 478. The van der Waals surface area contributed by atoms with Crippen molar-refractivity contribution in [3.8, 4) is 0 Å². The van der Waals surface area contributed by atoms with Gasteiger partial charge in [0.2, 0.25) is 0 Å². The van der Waals surface area contributed by atoms with Gasteiger partial charge in [-0.05, 0) is 16.2 Å². The number of carbonyl (C=O) groups is 3. The van der Waals surface area contributed by atoms with Gasteiger partial charge in [-0.25, -0.2) is 0 Å². The van der Waals surface area contributed by atoms with Crippen molar-refractivity contribution in [2.24, 2.45) is 0 Å². The SMILES string of the molecule is O=C(O)C1C=CSS1.O=C(O)C1C=CSS1.O=C(O)C1C=CSS1.[V]. The molecule has 0 amide bonds. The third kappa shape index (κ3) is 10.9. The van der Waals surface area contributed by atoms with E-state index in [4.69, 9.17) is 15.3 Å². The minimum atomic E-state index is -0.753. The maximum atomic E-state index is 10.1. The molecule has 1 radical (unpaired) electrons. The van der Waals surface area contributed by atoms with Crippen molar-refractivity contribution in [1.82, 2.24) is 0 Å². The van der Waals surface area contributed by atoms with E-state index < -0.39 is 17.9 Å². The largest absolute Gasteiger partial charge is 0.480 e. The van der Waals surface area contributed by atoms with E-state index in [0.29, 0.717) is 0 Å². The molecule has 3 unspecified atom stereocenters. The van der Waals surface area contributed by atoms with Gasteiger partial charge in [-0.15, -0.1) is 0 Å². The molecule has 0 saturated heterocycles. The van der Waals surface area contributed by atoms with Crippen molar-refractivity contribution < 1.29 is 48.3 Å². The average Bonchev–Trinajstić information content (AvgIpc) is 3.29. The molecule has 137 valence electrons. The Labute approximate surface area is 179 Å². The topological polar surface area (TPSA) is 112 Å². The molecule has 13 heteroatoms. The monoisotopic (exact) mass is 495 g/mol. The summed E-state index contributed by atoms with van der Waals surface area (Å²) in [5.41, 5.74) is 0. The Morgan fingerprint density at radius 1 is 0.600 bits per heavy atom. The van der Waals surface area contributed by atoms with Gasteiger partial charge in [0, 0.05) is 18.6 Å². The van der Waals surface area contributed by atoms with E-state index in [9.17, 15) is 14.4 Å². The minimum Gasteiger partial charge on any atom is -0.480 e. The second-order valence-electron chi connectivity index (χ2n) is 3.84. The fourth-order valence-corrected chi connectivity index (χ4v) is 6.79. The Kier molecular flexibility index (Phi) is 14.6. The van der Waals surface area contributed by atoms with Crippen molar-refractivity contribution >= 4 is 82.7 Å². The molecule has 6 nitrogen and oxygen atoms in total. The summed E-state index contributed by atoms with van der Waals surface area (Å²) in [6.07, 6.45) is 5.03. The molecule has 0 aromatic heterocycles. The van der Waals surface area contributed by atoms with E-state index in [1.54, 1.807) is 34.5 Å². The Hall–Kier alpha value is 0.314. The molecule has 3 aliphatic rings. The van der Waals surface area contributed by atoms with Crippen molar-refractivity contribution in [3.63, 3.8) is 0 Å². The van der Waals surface area contributed by atoms with Gasteiger partial charge in [0.05, 0.1) is 0 Å². The van der Waals surface area contributed by atoms with Gasteiger partial charge in [-0.1, -0.05) is 83.0 Å². The maximum Gasteiger partial charge on any atom is 0.321 e. The first-order valence-electron chi connectivity index (χ1n) is 6.06. The van der Waals surface area contributed by atoms with E-state index in [-0.39, 0.29) is 34.3 Å². The molecule has 0 aromatic carbocycles. The molecule has 0 spiro atoms. The molecule has 0 fully saturated rings. The molecule has 25 heavy (non-hydrogen) atoms. The van der Waals surface area contributed by atoms with Gasteiger partial charge in [-0.3, -0.25) is 14.4 Å². The zero-order valence-corrected chi connectivity index (χ0v) is 18.5. The van der Waals surface area contributed by atoms with Crippen molar-refractivity contribution in [2.45, 2.75) is 15.7 Å². The third-order valence-electron chi connectivity index (χ3n) is 2.13. The summed E-state index contributed by atoms with van der Waals surface area (Å²) in [6, 6.07) is 0. The summed E-state index contributed by atoms with van der Waals surface area (Å²) >= 11 is 0. The van der Waals surface area contributed by atoms with Gasteiger partial charge in [0.25, 0.3) is 0 Å².